The van der Waals surface area contributed by atoms with Crippen LogP contribution in [0.4, 0.5) is 4.39 Å². The molecule has 0 fully saturated rings. The van der Waals surface area contributed by atoms with E-state index in [-0.39, 0.29) is 18.0 Å². The quantitative estimate of drug-likeness (QED) is 0.762. The van der Waals surface area contributed by atoms with E-state index in [1.807, 2.05) is 12.1 Å². The zero-order valence-corrected chi connectivity index (χ0v) is 13.2. The van der Waals surface area contributed by atoms with Crippen LogP contribution in [0, 0.1) is 5.82 Å². The van der Waals surface area contributed by atoms with Crippen molar-refractivity contribution in [2.75, 3.05) is 14.2 Å². The van der Waals surface area contributed by atoms with E-state index < -0.39 is 5.82 Å². The monoisotopic (exact) mass is 352 g/mol. The second kappa shape index (κ2) is 6.72. The Hall–Kier alpha value is -1.88. The molecule has 0 atom stereocenters. The Morgan fingerprint density at radius 1 is 1.10 bits per heavy atom. The summed E-state index contributed by atoms with van der Waals surface area (Å²) >= 11 is 3.36. The summed E-state index contributed by atoms with van der Waals surface area (Å²) in [6.07, 6.45) is 0.133. The lowest BCUT2D eigenvalue weighted by Gasteiger charge is -2.09. The van der Waals surface area contributed by atoms with Gasteiger partial charge in [-0.05, 0) is 36.4 Å². The highest BCUT2D eigenvalue weighted by atomic mass is 79.9. The molecule has 110 valence electrons. The number of benzene rings is 2. The topological polar surface area (TPSA) is 35.5 Å². The number of methoxy groups -OCH3 is 2. The molecule has 0 N–H and O–H groups in total. The highest BCUT2D eigenvalue weighted by Gasteiger charge is 2.13. The van der Waals surface area contributed by atoms with Gasteiger partial charge in [0.25, 0.3) is 0 Å². The second-order valence-corrected chi connectivity index (χ2v) is 5.32. The molecule has 2 aromatic rings. The van der Waals surface area contributed by atoms with Gasteiger partial charge in [0.15, 0.2) is 17.3 Å². The van der Waals surface area contributed by atoms with Gasteiger partial charge in [-0.25, -0.2) is 4.39 Å². The molecule has 0 radical (unpaired) electrons. The number of Topliss-reactive ketones (excluding diaryl/α,β-unsaturated/α-hetero) is 1. The molecule has 0 saturated heterocycles. The minimum Gasteiger partial charge on any atom is -0.496 e. The molecular weight excluding hydrogens is 339 g/mol. The van der Waals surface area contributed by atoms with Crippen LogP contribution in [0.1, 0.15) is 15.9 Å². The fraction of sp³-hybridized carbons (Fsp3) is 0.188. The number of rotatable bonds is 5. The van der Waals surface area contributed by atoms with Gasteiger partial charge in [-0.15, -0.1) is 0 Å². The highest BCUT2D eigenvalue weighted by molar-refractivity contribution is 9.10. The number of carbonyl (C=O) groups is 1. The Morgan fingerprint density at radius 2 is 1.76 bits per heavy atom. The maximum atomic E-state index is 13.6. The van der Waals surface area contributed by atoms with Crippen LogP contribution >= 0.6 is 15.9 Å². The molecule has 0 spiro atoms. The van der Waals surface area contributed by atoms with Crippen LogP contribution in [-0.2, 0) is 6.42 Å². The summed E-state index contributed by atoms with van der Waals surface area (Å²) in [6.45, 7) is 0. The molecule has 2 rings (SSSR count). The van der Waals surface area contributed by atoms with E-state index in [1.165, 1.54) is 19.2 Å². The summed E-state index contributed by atoms with van der Waals surface area (Å²) in [6, 6.07) is 9.61. The lowest BCUT2D eigenvalue weighted by Crippen LogP contribution is -2.06. The summed E-state index contributed by atoms with van der Waals surface area (Å²) in [5, 5.41) is 0. The molecular formula is C16H14BrFO3. The number of hydrogen-bond donors (Lipinski definition) is 0. The third kappa shape index (κ3) is 3.61. The van der Waals surface area contributed by atoms with Crippen molar-refractivity contribution < 1.29 is 18.7 Å². The summed E-state index contributed by atoms with van der Waals surface area (Å²) in [4.78, 5) is 12.3. The summed E-state index contributed by atoms with van der Waals surface area (Å²) in [5.74, 6) is 0.00429. The van der Waals surface area contributed by atoms with E-state index in [0.29, 0.717) is 11.3 Å². The van der Waals surface area contributed by atoms with Gasteiger partial charge in [-0.2, -0.15) is 0 Å². The molecule has 0 heterocycles. The Labute approximate surface area is 130 Å². The predicted octanol–water partition coefficient (Wildman–Crippen LogP) is 4.03. The number of hydrogen-bond acceptors (Lipinski definition) is 3. The number of ketones is 1. The molecule has 2 aromatic carbocycles. The Morgan fingerprint density at radius 3 is 2.38 bits per heavy atom. The van der Waals surface area contributed by atoms with Crippen LogP contribution in [0.25, 0.3) is 0 Å². The summed E-state index contributed by atoms with van der Waals surface area (Å²) in [7, 11) is 2.93. The van der Waals surface area contributed by atoms with Crippen molar-refractivity contribution in [1.82, 2.24) is 0 Å². The van der Waals surface area contributed by atoms with Gasteiger partial charge in [0.05, 0.1) is 14.2 Å². The van der Waals surface area contributed by atoms with Crippen molar-refractivity contribution in [2.24, 2.45) is 0 Å². The third-order valence-corrected chi connectivity index (χ3v) is 3.56. The van der Waals surface area contributed by atoms with E-state index in [0.717, 1.165) is 10.0 Å². The number of ether oxygens (including phenoxy) is 2. The minimum absolute atomic E-state index is 0.117. The molecule has 0 aromatic heterocycles. The largest absolute Gasteiger partial charge is 0.496 e. The summed E-state index contributed by atoms with van der Waals surface area (Å²) < 4.78 is 24.6. The molecule has 0 amide bonds. The third-order valence-electron chi connectivity index (χ3n) is 3.07. The molecule has 0 aliphatic carbocycles. The van der Waals surface area contributed by atoms with Gasteiger partial charge in [0, 0.05) is 22.0 Å². The molecule has 0 bridgehead atoms. The first kappa shape index (κ1) is 15.5. The first-order valence-electron chi connectivity index (χ1n) is 6.24. The first-order valence-corrected chi connectivity index (χ1v) is 7.03. The van der Waals surface area contributed by atoms with Crippen molar-refractivity contribution in [3.05, 3.63) is 57.8 Å². The van der Waals surface area contributed by atoms with Gasteiger partial charge in [0.1, 0.15) is 5.75 Å². The van der Waals surface area contributed by atoms with Gasteiger partial charge in [-0.1, -0.05) is 15.9 Å². The normalized spacial score (nSPS) is 10.3. The van der Waals surface area contributed by atoms with Crippen LogP contribution in [0.2, 0.25) is 0 Å². The first-order chi connectivity index (χ1) is 10.0. The molecule has 0 aliphatic rings. The number of carbonyl (C=O) groups excluding carboxylic acids is 1. The SMILES string of the molecule is COc1ccc(C(=O)Cc2cc(Br)ccc2OC)cc1F. The maximum absolute atomic E-state index is 13.6. The van der Waals surface area contributed by atoms with Crippen LogP contribution in [0.5, 0.6) is 11.5 Å². The van der Waals surface area contributed by atoms with Crippen molar-refractivity contribution in [1.29, 1.82) is 0 Å². The van der Waals surface area contributed by atoms with E-state index in [9.17, 15) is 9.18 Å². The molecule has 21 heavy (non-hydrogen) atoms. The second-order valence-electron chi connectivity index (χ2n) is 4.41. The van der Waals surface area contributed by atoms with Gasteiger partial charge < -0.3 is 9.47 Å². The zero-order valence-electron chi connectivity index (χ0n) is 11.7. The fourth-order valence-corrected chi connectivity index (χ4v) is 2.41. The smallest absolute Gasteiger partial charge is 0.167 e. The molecule has 0 saturated carbocycles. The maximum Gasteiger partial charge on any atom is 0.167 e. The van der Waals surface area contributed by atoms with Crippen LogP contribution in [0.15, 0.2) is 40.9 Å². The Bertz CT molecular complexity index is 671. The molecule has 0 aliphatic heterocycles. The average molecular weight is 353 g/mol. The lowest BCUT2D eigenvalue weighted by molar-refractivity contribution is 0.0991. The van der Waals surface area contributed by atoms with Crippen LogP contribution < -0.4 is 9.47 Å². The van der Waals surface area contributed by atoms with Crippen molar-refractivity contribution >= 4 is 21.7 Å². The van der Waals surface area contributed by atoms with E-state index in [1.54, 1.807) is 19.2 Å². The number of halogens is 2. The predicted molar refractivity (Wildman–Crippen MR) is 81.7 cm³/mol. The molecule has 0 unspecified atom stereocenters. The van der Waals surface area contributed by atoms with Crippen molar-refractivity contribution in [3.63, 3.8) is 0 Å². The Kier molecular flexibility index (Phi) is 4.96. The van der Waals surface area contributed by atoms with Crippen LogP contribution in [0.3, 0.4) is 0 Å². The molecule has 3 nitrogen and oxygen atoms in total. The van der Waals surface area contributed by atoms with Gasteiger partial charge in [-0.3, -0.25) is 4.79 Å². The Balaban J connectivity index is 2.26. The van der Waals surface area contributed by atoms with Crippen molar-refractivity contribution in [2.45, 2.75) is 6.42 Å². The van der Waals surface area contributed by atoms with Gasteiger partial charge >= 0.3 is 0 Å². The van der Waals surface area contributed by atoms with E-state index in [4.69, 9.17) is 9.47 Å². The lowest BCUT2D eigenvalue weighted by atomic mass is 10.0. The zero-order chi connectivity index (χ0) is 15.4. The molecule has 5 heteroatoms. The van der Waals surface area contributed by atoms with Crippen molar-refractivity contribution in [3.8, 4) is 11.5 Å². The average Bonchev–Trinajstić information content (AvgIpc) is 2.47. The van der Waals surface area contributed by atoms with Crippen LogP contribution in [-0.4, -0.2) is 20.0 Å². The van der Waals surface area contributed by atoms with Gasteiger partial charge in [0.2, 0.25) is 0 Å². The summed E-state index contributed by atoms with van der Waals surface area (Å²) in [5.41, 5.74) is 1.04. The standard InChI is InChI=1S/C16H14BrFO3/c1-20-15-6-4-12(17)7-11(15)9-14(19)10-3-5-16(21-2)13(18)8-10/h3-8H,9H2,1-2H3. The van der Waals surface area contributed by atoms with E-state index >= 15 is 0 Å². The van der Waals surface area contributed by atoms with E-state index in [2.05, 4.69) is 15.9 Å². The minimum atomic E-state index is -0.551. The fourth-order valence-electron chi connectivity index (χ4n) is 2.00. The highest BCUT2D eigenvalue weighted by Crippen LogP contribution is 2.25.